The average molecular weight is 267 g/mol. The molecule has 1 aliphatic heterocycles. The molecule has 0 radical (unpaired) electrons. The Bertz CT molecular complexity index is 343. The van der Waals surface area contributed by atoms with Crippen LogP contribution in [0.15, 0.2) is 41.4 Å². The molecule has 0 spiro atoms. The number of aliphatic imine (C=N–C) groups is 1. The third kappa shape index (κ3) is 5.88. The average Bonchev–Trinajstić information content (AvgIpc) is 2.87. The fraction of sp³-hybridized carbons (Fsp3) is 0.562. The molecule has 1 heterocycles. The highest BCUT2D eigenvalue weighted by Gasteiger charge is 2.33. The summed E-state index contributed by atoms with van der Waals surface area (Å²) in [5, 5.41) is 9.13. The lowest BCUT2D eigenvalue weighted by Crippen LogP contribution is -2.33. The molecule has 3 heteroatoms. The first kappa shape index (κ1) is 20.0. The fourth-order valence-electron chi connectivity index (χ4n) is 1.29. The van der Waals surface area contributed by atoms with E-state index in [1.807, 2.05) is 41.5 Å². The van der Waals surface area contributed by atoms with E-state index in [-0.39, 0.29) is 6.61 Å². The molecule has 0 fully saturated rings. The Morgan fingerprint density at radius 3 is 2.16 bits per heavy atom. The Morgan fingerprint density at radius 1 is 1.32 bits per heavy atom. The molecule has 0 amide bonds. The Hall–Kier alpha value is -1.35. The molecule has 110 valence electrons. The van der Waals surface area contributed by atoms with Gasteiger partial charge in [-0.2, -0.15) is 0 Å². The molecule has 0 aliphatic carbocycles. The highest BCUT2D eigenvalue weighted by Crippen LogP contribution is 2.23. The van der Waals surface area contributed by atoms with Crippen LogP contribution >= 0.6 is 0 Å². The summed E-state index contributed by atoms with van der Waals surface area (Å²) in [7, 11) is 0. The molecule has 1 aliphatic rings. The van der Waals surface area contributed by atoms with Crippen molar-refractivity contribution in [1.82, 2.24) is 0 Å². The number of aliphatic hydroxyl groups is 1. The summed E-state index contributed by atoms with van der Waals surface area (Å²) in [5.74, 6) is 0.541. The third-order valence-electron chi connectivity index (χ3n) is 2.40. The molecule has 0 saturated carbocycles. The Kier molecular flexibility index (Phi) is 11.1. The third-order valence-corrected chi connectivity index (χ3v) is 2.40. The number of nitrogens with zero attached hydrogens (tertiary/aromatic N) is 1. The van der Waals surface area contributed by atoms with Gasteiger partial charge in [-0.15, -0.1) is 0 Å². The van der Waals surface area contributed by atoms with Crippen molar-refractivity contribution in [2.24, 2.45) is 4.99 Å². The van der Waals surface area contributed by atoms with Gasteiger partial charge in [0.25, 0.3) is 0 Å². The molecule has 1 atom stereocenters. The van der Waals surface area contributed by atoms with Crippen LogP contribution in [0, 0.1) is 0 Å². The summed E-state index contributed by atoms with van der Waals surface area (Å²) in [4.78, 5) is 4.26. The van der Waals surface area contributed by atoms with Crippen molar-refractivity contribution < 1.29 is 9.84 Å². The van der Waals surface area contributed by atoms with E-state index in [0.717, 1.165) is 11.1 Å². The van der Waals surface area contributed by atoms with Gasteiger partial charge < -0.3 is 9.84 Å². The highest BCUT2D eigenvalue weighted by atomic mass is 16.5. The Morgan fingerprint density at radius 2 is 1.84 bits per heavy atom. The zero-order chi connectivity index (χ0) is 15.5. The normalized spacial score (nSPS) is 21.5. The lowest BCUT2D eigenvalue weighted by atomic mass is 10.1. The van der Waals surface area contributed by atoms with Gasteiger partial charge in [-0.1, -0.05) is 53.0 Å². The topological polar surface area (TPSA) is 41.8 Å². The second-order valence-corrected chi connectivity index (χ2v) is 3.84. The van der Waals surface area contributed by atoms with E-state index >= 15 is 0 Å². The molecule has 3 nitrogen and oxygen atoms in total. The van der Waals surface area contributed by atoms with Crippen LogP contribution in [0.4, 0.5) is 0 Å². The Balaban J connectivity index is 0. The summed E-state index contributed by atoms with van der Waals surface area (Å²) in [5.41, 5.74) is 1.21. The van der Waals surface area contributed by atoms with Gasteiger partial charge in [0.2, 0.25) is 5.90 Å². The van der Waals surface area contributed by atoms with Gasteiger partial charge in [-0.05, 0) is 19.4 Å². The number of ether oxygens (including phenoxy) is 1. The highest BCUT2D eigenvalue weighted by molar-refractivity contribution is 5.98. The van der Waals surface area contributed by atoms with E-state index in [4.69, 9.17) is 9.84 Å². The summed E-state index contributed by atoms with van der Waals surface area (Å²) >= 11 is 0. The van der Waals surface area contributed by atoms with E-state index in [1.54, 1.807) is 12.2 Å². The summed E-state index contributed by atoms with van der Waals surface area (Å²) in [6.07, 6.45) is 3.43. The van der Waals surface area contributed by atoms with Gasteiger partial charge in [0.05, 0.1) is 13.2 Å². The zero-order valence-corrected chi connectivity index (χ0v) is 13.3. The smallest absolute Gasteiger partial charge is 0.217 e. The minimum atomic E-state index is -0.592. The number of hydrogen-bond acceptors (Lipinski definition) is 3. The van der Waals surface area contributed by atoms with Crippen LogP contribution in [-0.2, 0) is 4.74 Å². The minimum absolute atomic E-state index is 0.0441. The van der Waals surface area contributed by atoms with Crippen molar-refractivity contribution in [2.75, 3.05) is 13.2 Å². The van der Waals surface area contributed by atoms with E-state index in [9.17, 15) is 0 Å². The first-order chi connectivity index (χ1) is 9.06. The molecule has 1 rings (SSSR count). The van der Waals surface area contributed by atoms with Crippen LogP contribution in [0.3, 0.4) is 0 Å². The minimum Gasteiger partial charge on any atom is -0.467 e. The van der Waals surface area contributed by atoms with Crippen LogP contribution in [0.2, 0.25) is 0 Å². The van der Waals surface area contributed by atoms with Gasteiger partial charge in [0, 0.05) is 5.57 Å². The predicted octanol–water partition coefficient (Wildman–Crippen LogP) is 3.91. The van der Waals surface area contributed by atoms with Gasteiger partial charge in [0.15, 0.2) is 5.60 Å². The molecular formula is C16H29NO2. The van der Waals surface area contributed by atoms with E-state index in [1.165, 1.54) is 0 Å². The van der Waals surface area contributed by atoms with Crippen LogP contribution in [0.5, 0.6) is 0 Å². The van der Waals surface area contributed by atoms with Crippen molar-refractivity contribution in [3.05, 3.63) is 36.5 Å². The van der Waals surface area contributed by atoms with Crippen LogP contribution in [-0.4, -0.2) is 29.8 Å². The second-order valence-electron chi connectivity index (χ2n) is 3.84. The summed E-state index contributed by atoms with van der Waals surface area (Å²) in [6.45, 7) is 19.6. The SMILES string of the molecule is C=C/C(C)=C(\C=C)C1=NCC(C)(CO)O1.CC.CC. The largest absolute Gasteiger partial charge is 0.467 e. The second kappa shape index (κ2) is 10.6. The molecule has 1 unspecified atom stereocenters. The first-order valence-electron chi connectivity index (χ1n) is 6.87. The van der Waals surface area contributed by atoms with Crippen LogP contribution in [0.1, 0.15) is 41.5 Å². The van der Waals surface area contributed by atoms with Gasteiger partial charge in [0.1, 0.15) is 0 Å². The maximum absolute atomic E-state index is 9.13. The van der Waals surface area contributed by atoms with E-state index < -0.39 is 5.60 Å². The lowest BCUT2D eigenvalue weighted by molar-refractivity contribution is 0.0400. The van der Waals surface area contributed by atoms with Gasteiger partial charge >= 0.3 is 0 Å². The number of aliphatic hydroxyl groups excluding tert-OH is 1. The molecule has 19 heavy (non-hydrogen) atoms. The summed E-state index contributed by atoms with van der Waals surface area (Å²) in [6, 6.07) is 0. The molecule has 0 bridgehead atoms. The maximum atomic E-state index is 9.13. The van der Waals surface area contributed by atoms with E-state index in [0.29, 0.717) is 12.4 Å². The Labute approximate surface area is 118 Å². The molecule has 0 aromatic carbocycles. The monoisotopic (exact) mass is 267 g/mol. The molecule has 0 aromatic heterocycles. The van der Waals surface area contributed by atoms with Crippen LogP contribution in [0.25, 0.3) is 0 Å². The number of allylic oxidation sites excluding steroid dienone is 2. The maximum Gasteiger partial charge on any atom is 0.217 e. The summed E-state index contributed by atoms with van der Waals surface area (Å²) < 4.78 is 5.60. The lowest BCUT2D eigenvalue weighted by Gasteiger charge is -2.20. The zero-order valence-electron chi connectivity index (χ0n) is 13.3. The van der Waals surface area contributed by atoms with Crippen molar-refractivity contribution in [3.63, 3.8) is 0 Å². The quantitative estimate of drug-likeness (QED) is 0.785. The fourth-order valence-corrected chi connectivity index (χ4v) is 1.29. The van der Waals surface area contributed by atoms with Crippen molar-refractivity contribution in [3.8, 4) is 0 Å². The molecular weight excluding hydrogens is 238 g/mol. The van der Waals surface area contributed by atoms with E-state index in [2.05, 4.69) is 18.2 Å². The predicted molar refractivity (Wildman–Crippen MR) is 84.7 cm³/mol. The molecule has 0 saturated heterocycles. The number of rotatable bonds is 4. The van der Waals surface area contributed by atoms with Gasteiger partial charge in [-0.25, -0.2) is 4.99 Å². The standard InChI is InChI=1S/C12H17NO2.2C2H6/c1-5-9(3)10(6-2)11-13-7-12(4,8-14)15-11;2*1-2/h5-6,14H,1-2,7-8H2,3-4H3;2*1-2H3/b10-9+;;. The van der Waals surface area contributed by atoms with Crippen molar-refractivity contribution in [1.29, 1.82) is 0 Å². The molecule has 0 aromatic rings. The van der Waals surface area contributed by atoms with Crippen molar-refractivity contribution in [2.45, 2.75) is 47.1 Å². The van der Waals surface area contributed by atoms with Crippen LogP contribution < -0.4 is 0 Å². The van der Waals surface area contributed by atoms with Gasteiger partial charge in [-0.3, -0.25) is 0 Å². The first-order valence-corrected chi connectivity index (χ1v) is 6.87. The molecule has 1 N–H and O–H groups in total. The van der Waals surface area contributed by atoms with Crippen molar-refractivity contribution >= 4 is 5.90 Å². The number of hydrogen-bond donors (Lipinski definition) is 1.